The molecule has 2 fully saturated rings. The van der Waals surface area contributed by atoms with Crippen molar-refractivity contribution < 1.29 is 19.2 Å². The lowest BCUT2D eigenvalue weighted by Crippen LogP contribution is -2.62. The van der Waals surface area contributed by atoms with E-state index in [2.05, 4.69) is 15.5 Å². The monoisotopic (exact) mass is 412 g/mol. The molecule has 2 saturated heterocycles. The highest BCUT2D eigenvalue weighted by molar-refractivity contribution is 5.86. The fraction of sp³-hybridized carbons (Fsp3) is 0.545. The summed E-state index contributed by atoms with van der Waals surface area (Å²) in [5.74, 6) is 0.939. The number of nitrogens with zero attached hydrogens (tertiary/aromatic N) is 3. The molecule has 1 aromatic carbocycles. The average Bonchev–Trinajstić information content (AvgIpc) is 3.21. The predicted octanol–water partition coefficient (Wildman–Crippen LogP) is 1.86. The number of amides is 2. The van der Waals surface area contributed by atoms with Gasteiger partial charge in [-0.15, -0.1) is 0 Å². The smallest absolute Gasteiger partial charge is 0.230 e. The Morgan fingerprint density at radius 2 is 2.23 bits per heavy atom. The molecule has 0 saturated carbocycles. The van der Waals surface area contributed by atoms with Gasteiger partial charge < -0.3 is 19.8 Å². The Kier molecular flexibility index (Phi) is 5.85. The van der Waals surface area contributed by atoms with Crippen molar-refractivity contribution in [3.8, 4) is 11.4 Å². The van der Waals surface area contributed by atoms with Gasteiger partial charge in [-0.05, 0) is 38.2 Å². The number of likely N-dealkylation sites (tertiary alicyclic amines) is 1. The molecular weight excluding hydrogens is 384 g/mol. The van der Waals surface area contributed by atoms with E-state index in [9.17, 15) is 14.7 Å². The summed E-state index contributed by atoms with van der Waals surface area (Å²) in [6.07, 6.45) is 2.64. The van der Waals surface area contributed by atoms with Crippen molar-refractivity contribution in [2.45, 2.75) is 51.6 Å². The third kappa shape index (κ3) is 3.96. The number of aliphatic hydroxyl groups is 1. The molecule has 8 nitrogen and oxygen atoms in total. The number of carbonyl (C=O) groups excluding carboxylic acids is 2. The first-order valence-electron chi connectivity index (χ1n) is 10.6. The molecule has 0 unspecified atom stereocenters. The van der Waals surface area contributed by atoms with Gasteiger partial charge in [-0.3, -0.25) is 9.59 Å². The molecule has 0 aliphatic carbocycles. The summed E-state index contributed by atoms with van der Waals surface area (Å²) in [6.45, 7) is 3.40. The number of hydrogen-bond acceptors (Lipinski definition) is 6. The van der Waals surface area contributed by atoms with Crippen LogP contribution in [0.2, 0.25) is 0 Å². The third-order valence-corrected chi connectivity index (χ3v) is 6.31. The van der Waals surface area contributed by atoms with Gasteiger partial charge in [-0.2, -0.15) is 4.98 Å². The maximum absolute atomic E-state index is 12.7. The lowest BCUT2D eigenvalue weighted by molar-refractivity contribution is -0.154. The van der Waals surface area contributed by atoms with Gasteiger partial charge in [-0.1, -0.05) is 29.4 Å². The number of benzene rings is 1. The summed E-state index contributed by atoms with van der Waals surface area (Å²) in [4.78, 5) is 31.4. The van der Waals surface area contributed by atoms with Gasteiger partial charge in [0.05, 0.1) is 11.5 Å². The molecule has 2 N–H and O–H groups in total. The zero-order valence-corrected chi connectivity index (χ0v) is 17.3. The van der Waals surface area contributed by atoms with Crippen LogP contribution in [0.15, 0.2) is 28.8 Å². The molecule has 2 aliphatic rings. The number of nitrogens with one attached hydrogen (secondary N) is 1. The summed E-state index contributed by atoms with van der Waals surface area (Å²) < 4.78 is 5.35. The van der Waals surface area contributed by atoms with Crippen LogP contribution in [0.3, 0.4) is 0 Å². The van der Waals surface area contributed by atoms with Crippen LogP contribution in [-0.2, 0) is 16.0 Å². The van der Waals surface area contributed by atoms with Gasteiger partial charge in [0, 0.05) is 38.0 Å². The summed E-state index contributed by atoms with van der Waals surface area (Å²) >= 11 is 0. The van der Waals surface area contributed by atoms with E-state index in [0.29, 0.717) is 56.9 Å². The van der Waals surface area contributed by atoms with Gasteiger partial charge in [0.25, 0.3) is 0 Å². The minimum absolute atomic E-state index is 0.00158. The highest BCUT2D eigenvalue weighted by Crippen LogP contribution is 2.37. The van der Waals surface area contributed by atoms with E-state index < -0.39 is 11.5 Å². The van der Waals surface area contributed by atoms with Crippen LogP contribution in [0.4, 0.5) is 0 Å². The molecule has 3 heterocycles. The van der Waals surface area contributed by atoms with E-state index in [1.54, 1.807) is 4.90 Å². The van der Waals surface area contributed by atoms with Gasteiger partial charge in [0.15, 0.2) is 0 Å². The lowest BCUT2D eigenvalue weighted by atomic mass is 9.71. The number of piperidine rings is 2. The summed E-state index contributed by atoms with van der Waals surface area (Å²) in [7, 11) is 0. The SMILES string of the molecule is Cc1ccccc1-c1noc(CCCC(=O)N2CC[C@H](O)[C@@]3(CCCNC3=O)C2)n1. The summed E-state index contributed by atoms with van der Waals surface area (Å²) in [5, 5.41) is 17.4. The fourth-order valence-electron chi connectivity index (χ4n) is 4.49. The molecule has 1 aromatic heterocycles. The van der Waals surface area contributed by atoms with Crippen molar-refractivity contribution in [1.29, 1.82) is 0 Å². The molecule has 1 spiro atoms. The highest BCUT2D eigenvalue weighted by atomic mass is 16.5. The van der Waals surface area contributed by atoms with E-state index in [1.165, 1.54) is 0 Å². The molecular formula is C22H28N4O4. The van der Waals surface area contributed by atoms with Crippen LogP contribution < -0.4 is 5.32 Å². The van der Waals surface area contributed by atoms with Crippen molar-refractivity contribution in [1.82, 2.24) is 20.4 Å². The predicted molar refractivity (Wildman–Crippen MR) is 109 cm³/mol. The number of carbonyl (C=O) groups is 2. The van der Waals surface area contributed by atoms with Crippen molar-refractivity contribution in [3.63, 3.8) is 0 Å². The van der Waals surface area contributed by atoms with Crippen LogP contribution in [0.5, 0.6) is 0 Å². The van der Waals surface area contributed by atoms with E-state index in [0.717, 1.165) is 17.5 Å². The van der Waals surface area contributed by atoms with Crippen molar-refractivity contribution in [2.24, 2.45) is 5.41 Å². The quantitative estimate of drug-likeness (QED) is 0.776. The number of aromatic nitrogens is 2. The van der Waals surface area contributed by atoms with Crippen LogP contribution in [0.1, 0.15) is 43.6 Å². The topological polar surface area (TPSA) is 109 Å². The Morgan fingerprint density at radius 1 is 1.40 bits per heavy atom. The first kappa shape index (κ1) is 20.5. The second-order valence-corrected chi connectivity index (χ2v) is 8.32. The van der Waals surface area contributed by atoms with E-state index in [-0.39, 0.29) is 18.4 Å². The van der Waals surface area contributed by atoms with Crippen molar-refractivity contribution in [3.05, 3.63) is 35.7 Å². The first-order chi connectivity index (χ1) is 14.5. The van der Waals surface area contributed by atoms with E-state index in [4.69, 9.17) is 4.52 Å². The maximum Gasteiger partial charge on any atom is 0.230 e. The second-order valence-electron chi connectivity index (χ2n) is 8.32. The number of aliphatic hydroxyl groups excluding tert-OH is 1. The number of aryl methyl sites for hydroxylation is 2. The molecule has 2 amide bonds. The Balaban J connectivity index is 1.32. The van der Waals surface area contributed by atoms with Crippen molar-refractivity contribution >= 4 is 11.8 Å². The van der Waals surface area contributed by atoms with Gasteiger partial charge in [-0.25, -0.2) is 0 Å². The van der Waals surface area contributed by atoms with Gasteiger partial charge >= 0.3 is 0 Å². The minimum atomic E-state index is -0.860. The van der Waals surface area contributed by atoms with Crippen molar-refractivity contribution in [2.75, 3.05) is 19.6 Å². The molecule has 2 aromatic rings. The normalized spacial score (nSPS) is 24.1. The summed E-state index contributed by atoms with van der Waals surface area (Å²) in [5.41, 5.74) is 1.15. The Morgan fingerprint density at radius 3 is 3.03 bits per heavy atom. The number of hydrogen-bond donors (Lipinski definition) is 2. The molecule has 0 radical (unpaired) electrons. The molecule has 30 heavy (non-hydrogen) atoms. The zero-order valence-electron chi connectivity index (χ0n) is 17.3. The lowest BCUT2D eigenvalue weighted by Gasteiger charge is -2.46. The molecule has 8 heteroatoms. The fourth-order valence-corrected chi connectivity index (χ4v) is 4.49. The highest BCUT2D eigenvalue weighted by Gasteiger charge is 2.50. The molecule has 2 aliphatic heterocycles. The van der Waals surface area contributed by atoms with Crippen LogP contribution in [-0.4, -0.2) is 57.7 Å². The van der Waals surface area contributed by atoms with Crippen LogP contribution >= 0.6 is 0 Å². The van der Waals surface area contributed by atoms with Crippen LogP contribution in [0.25, 0.3) is 11.4 Å². The maximum atomic E-state index is 12.7. The minimum Gasteiger partial charge on any atom is -0.392 e. The van der Waals surface area contributed by atoms with E-state index >= 15 is 0 Å². The Bertz CT molecular complexity index is 927. The third-order valence-electron chi connectivity index (χ3n) is 6.31. The first-order valence-corrected chi connectivity index (χ1v) is 10.6. The van der Waals surface area contributed by atoms with Gasteiger partial charge in [0.1, 0.15) is 0 Å². The average molecular weight is 412 g/mol. The summed E-state index contributed by atoms with van der Waals surface area (Å²) in [6, 6.07) is 7.85. The Labute approximate surface area is 175 Å². The van der Waals surface area contributed by atoms with E-state index in [1.807, 2.05) is 31.2 Å². The molecule has 4 rings (SSSR count). The molecule has 2 atom stereocenters. The second kappa shape index (κ2) is 8.55. The zero-order chi connectivity index (χ0) is 21.1. The largest absolute Gasteiger partial charge is 0.392 e. The van der Waals surface area contributed by atoms with Gasteiger partial charge in [0.2, 0.25) is 23.5 Å². The molecule has 0 bridgehead atoms. The Hall–Kier alpha value is -2.74. The van der Waals surface area contributed by atoms with Crippen LogP contribution in [0, 0.1) is 12.3 Å². The molecule has 160 valence electrons. The number of rotatable bonds is 5. The standard InChI is InChI=1S/C22H28N4O4/c1-15-6-2-3-7-16(15)20-24-18(30-25-20)8-4-9-19(28)26-13-10-17(27)22(14-26)11-5-12-23-21(22)29/h2-3,6-7,17,27H,4-5,8-14H2,1H3,(H,23,29)/t17-,22+/m0/s1.